The van der Waals surface area contributed by atoms with E-state index in [1.807, 2.05) is 50.1 Å². The van der Waals surface area contributed by atoms with E-state index in [1.165, 1.54) is 0 Å². The third-order valence-corrected chi connectivity index (χ3v) is 5.77. The number of halogens is 1. The van der Waals surface area contributed by atoms with Gasteiger partial charge in [0.15, 0.2) is 5.96 Å². The molecule has 30 heavy (non-hydrogen) atoms. The van der Waals surface area contributed by atoms with Crippen LogP contribution < -0.4 is 14.8 Å². The standard InChI is InChI=1S/C21H30N4O3S.HI/c1-5-22-21(25(3)16-18-8-6-7-9-20(18)28-4)23-14-15-24-29(26,27)19-12-10-17(2)11-13-19;/h6-13,24H,5,14-16H2,1-4H3,(H,22,23);1H. The van der Waals surface area contributed by atoms with Crippen LogP contribution in [-0.4, -0.2) is 53.1 Å². The molecule has 166 valence electrons. The maximum atomic E-state index is 12.4. The van der Waals surface area contributed by atoms with Crippen molar-refractivity contribution in [2.45, 2.75) is 25.3 Å². The minimum atomic E-state index is -3.53. The number of benzene rings is 2. The molecule has 2 aromatic rings. The molecule has 0 aromatic heterocycles. The third-order valence-electron chi connectivity index (χ3n) is 4.29. The molecule has 0 radical (unpaired) electrons. The minimum Gasteiger partial charge on any atom is -0.496 e. The molecule has 0 fully saturated rings. The predicted octanol–water partition coefficient (Wildman–Crippen LogP) is 3.00. The molecule has 0 saturated carbocycles. The van der Waals surface area contributed by atoms with E-state index in [1.54, 1.807) is 31.4 Å². The molecule has 2 aromatic carbocycles. The number of hydrogen-bond acceptors (Lipinski definition) is 4. The molecule has 7 nitrogen and oxygen atoms in total. The van der Waals surface area contributed by atoms with Crippen LogP contribution in [0.4, 0.5) is 0 Å². The highest BCUT2D eigenvalue weighted by atomic mass is 127. The molecule has 0 aliphatic carbocycles. The Morgan fingerprint density at radius 1 is 1.13 bits per heavy atom. The number of para-hydroxylation sites is 1. The zero-order valence-corrected chi connectivity index (χ0v) is 21.0. The summed E-state index contributed by atoms with van der Waals surface area (Å²) >= 11 is 0. The number of sulfonamides is 1. The van der Waals surface area contributed by atoms with E-state index in [9.17, 15) is 8.42 Å². The summed E-state index contributed by atoms with van der Waals surface area (Å²) in [6.45, 7) is 5.78. The Kier molecular flexibility index (Phi) is 11.1. The van der Waals surface area contributed by atoms with Gasteiger partial charge in [-0.25, -0.2) is 13.1 Å². The Bertz CT molecular complexity index is 918. The number of aryl methyl sites for hydroxylation is 1. The average molecular weight is 546 g/mol. The molecule has 0 atom stereocenters. The molecule has 9 heteroatoms. The fraction of sp³-hybridized carbons (Fsp3) is 0.381. The van der Waals surface area contributed by atoms with Crippen molar-refractivity contribution in [3.63, 3.8) is 0 Å². The van der Waals surface area contributed by atoms with E-state index in [-0.39, 0.29) is 35.4 Å². The zero-order valence-electron chi connectivity index (χ0n) is 17.9. The second-order valence-corrected chi connectivity index (χ2v) is 8.38. The Labute approximate surface area is 197 Å². The van der Waals surface area contributed by atoms with E-state index in [0.29, 0.717) is 25.6 Å². The highest BCUT2D eigenvalue weighted by molar-refractivity contribution is 14.0. The van der Waals surface area contributed by atoms with Crippen molar-refractivity contribution < 1.29 is 13.2 Å². The quantitative estimate of drug-likeness (QED) is 0.219. The molecular formula is C21H31IN4O3S. The number of ether oxygens (including phenoxy) is 1. The fourth-order valence-electron chi connectivity index (χ4n) is 2.78. The first-order chi connectivity index (χ1) is 13.9. The van der Waals surface area contributed by atoms with Crippen molar-refractivity contribution >= 4 is 40.0 Å². The second-order valence-electron chi connectivity index (χ2n) is 6.61. The van der Waals surface area contributed by atoms with Crippen molar-refractivity contribution in [2.24, 2.45) is 4.99 Å². The van der Waals surface area contributed by atoms with Gasteiger partial charge in [0.25, 0.3) is 0 Å². The molecule has 2 N–H and O–H groups in total. The lowest BCUT2D eigenvalue weighted by atomic mass is 10.2. The number of rotatable bonds is 9. The zero-order chi connectivity index (χ0) is 21.3. The lowest BCUT2D eigenvalue weighted by Crippen LogP contribution is -2.39. The maximum Gasteiger partial charge on any atom is 0.240 e. The van der Waals surface area contributed by atoms with Gasteiger partial charge in [0, 0.05) is 32.2 Å². The van der Waals surface area contributed by atoms with Crippen LogP contribution >= 0.6 is 24.0 Å². The molecular weight excluding hydrogens is 515 g/mol. The topological polar surface area (TPSA) is 83.0 Å². The molecule has 0 spiro atoms. The first-order valence-electron chi connectivity index (χ1n) is 9.55. The first kappa shape index (κ1) is 26.2. The number of guanidine groups is 1. The van der Waals surface area contributed by atoms with Gasteiger partial charge in [-0.2, -0.15) is 0 Å². The van der Waals surface area contributed by atoms with Crippen LogP contribution in [0.15, 0.2) is 58.4 Å². The van der Waals surface area contributed by atoms with Gasteiger partial charge in [-0.05, 0) is 32.0 Å². The van der Waals surface area contributed by atoms with E-state index in [2.05, 4.69) is 15.0 Å². The summed E-state index contributed by atoms with van der Waals surface area (Å²) in [4.78, 5) is 6.78. The smallest absolute Gasteiger partial charge is 0.240 e. The van der Waals surface area contributed by atoms with Gasteiger partial charge in [0.05, 0.1) is 18.6 Å². The van der Waals surface area contributed by atoms with E-state index < -0.39 is 10.0 Å². The van der Waals surface area contributed by atoms with Crippen LogP contribution in [0.2, 0.25) is 0 Å². The SMILES string of the molecule is CCNC(=NCCNS(=O)(=O)c1ccc(C)cc1)N(C)Cc1ccccc1OC.I. The lowest BCUT2D eigenvalue weighted by Gasteiger charge is -2.23. The fourth-order valence-corrected chi connectivity index (χ4v) is 3.80. The molecule has 2 rings (SSSR count). The van der Waals surface area contributed by atoms with Crippen LogP contribution in [0, 0.1) is 6.92 Å². The van der Waals surface area contributed by atoms with Crippen molar-refractivity contribution in [1.82, 2.24) is 14.9 Å². The number of hydrogen-bond donors (Lipinski definition) is 2. The second kappa shape index (κ2) is 12.8. The van der Waals surface area contributed by atoms with Gasteiger partial charge in [-0.3, -0.25) is 4.99 Å². The lowest BCUT2D eigenvalue weighted by molar-refractivity contribution is 0.396. The molecule has 0 amide bonds. The van der Waals surface area contributed by atoms with Crippen LogP contribution in [0.3, 0.4) is 0 Å². The molecule has 0 unspecified atom stereocenters. The summed E-state index contributed by atoms with van der Waals surface area (Å²) in [6.07, 6.45) is 0. The van der Waals surface area contributed by atoms with Crippen molar-refractivity contribution in [3.05, 3.63) is 59.7 Å². The van der Waals surface area contributed by atoms with Gasteiger partial charge in [-0.1, -0.05) is 35.9 Å². The van der Waals surface area contributed by atoms with Gasteiger partial charge in [-0.15, -0.1) is 24.0 Å². The van der Waals surface area contributed by atoms with Crippen LogP contribution in [0.5, 0.6) is 5.75 Å². The summed E-state index contributed by atoms with van der Waals surface area (Å²) in [6, 6.07) is 14.6. The van der Waals surface area contributed by atoms with Gasteiger partial charge < -0.3 is 15.0 Å². The van der Waals surface area contributed by atoms with Crippen LogP contribution in [0.25, 0.3) is 0 Å². The van der Waals surface area contributed by atoms with Crippen LogP contribution in [0.1, 0.15) is 18.1 Å². The van der Waals surface area contributed by atoms with Gasteiger partial charge in [0.2, 0.25) is 10.0 Å². The Hall–Kier alpha value is -1.85. The summed E-state index contributed by atoms with van der Waals surface area (Å²) < 4.78 is 32.7. The average Bonchev–Trinajstić information content (AvgIpc) is 2.71. The van der Waals surface area contributed by atoms with Crippen molar-refractivity contribution in [1.29, 1.82) is 0 Å². The number of methoxy groups -OCH3 is 1. The van der Waals surface area contributed by atoms with Gasteiger partial charge >= 0.3 is 0 Å². The summed E-state index contributed by atoms with van der Waals surface area (Å²) in [5, 5.41) is 3.23. The van der Waals surface area contributed by atoms with Gasteiger partial charge in [0.1, 0.15) is 5.75 Å². The Balaban J connectivity index is 0.00000450. The molecule has 0 saturated heterocycles. The van der Waals surface area contributed by atoms with Crippen molar-refractivity contribution in [3.8, 4) is 5.75 Å². The highest BCUT2D eigenvalue weighted by Crippen LogP contribution is 2.18. The molecule has 0 heterocycles. The highest BCUT2D eigenvalue weighted by Gasteiger charge is 2.13. The normalized spacial score (nSPS) is 11.5. The van der Waals surface area contributed by atoms with Crippen molar-refractivity contribution in [2.75, 3.05) is 33.8 Å². The minimum absolute atomic E-state index is 0. The van der Waals surface area contributed by atoms with E-state index >= 15 is 0 Å². The Morgan fingerprint density at radius 3 is 2.43 bits per heavy atom. The third kappa shape index (κ3) is 7.77. The number of nitrogens with one attached hydrogen (secondary N) is 2. The molecule has 0 aliphatic rings. The van der Waals surface area contributed by atoms with E-state index in [0.717, 1.165) is 16.9 Å². The number of aliphatic imine (C=N–C) groups is 1. The van der Waals surface area contributed by atoms with Crippen LogP contribution in [-0.2, 0) is 16.6 Å². The summed E-state index contributed by atoms with van der Waals surface area (Å²) in [7, 11) is 0.0511. The number of nitrogens with zero attached hydrogens (tertiary/aromatic N) is 2. The summed E-state index contributed by atoms with van der Waals surface area (Å²) in [5.41, 5.74) is 2.06. The monoisotopic (exact) mass is 546 g/mol. The maximum absolute atomic E-state index is 12.4. The summed E-state index contributed by atoms with van der Waals surface area (Å²) in [5.74, 6) is 1.52. The predicted molar refractivity (Wildman–Crippen MR) is 132 cm³/mol. The first-order valence-corrected chi connectivity index (χ1v) is 11.0. The largest absolute Gasteiger partial charge is 0.496 e. The molecule has 0 aliphatic heterocycles. The molecule has 0 bridgehead atoms. The Morgan fingerprint density at radius 2 is 1.80 bits per heavy atom. The van der Waals surface area contributed by atoms with E-state index in [4.69, 9.17) is 4.74 Å².